The maximum absolute atomic E-state index is 6.12. The summed E-state index contributed by atoms with van der Waals surface area (Å²) in [4.78, 5) is 9.07. The molecule has 0 aromatic carbocycles. The lowest BCUT2D eigenvalue weighted by molar-refractivity contribution is 0.444. The summed E-state index contributed by atoms with van der Waals surface area (Å²) < 4.78 is 1.91. The van der Waals surface area contributed by atoms with Crippen molar-refractivity contribution < 1.29 is 0 Å². The molecule has 6 heteroatoms. The number of hydrogen-bond acceptors (Lipinski definition) is 3. The molecule has 1 aliphatic rings. The lowest BCUT2D eigenvalue weighted by Gasteiger charge is -2.27. The van der Waals surface area contributed by atoms with E-state index < -0.39 is 0 Å². The van der Waals surface area contributed by atoms with Gasteiger partial charge in [0.1, 0.15) is 11.5 Å². The quantitative estimate of drug-likeness (QED) is 0.757. The van der Waals surface area contributed by atoms with Crippen LogP contribution in [-0.4, -0.2) is 20.4 Å². The first-order valence-corrected chi connectivity index (χ1v) is 8.02. The van der Waals surface area contributed by atoms with Crippen LogP contribution in [0.5, 0.6) is 0 Å². The molecule has 0 spiro atoms. The van der Waals surface area contributed by atoms with Gasteiger partial charge in [0.05, 0.1) is 27.6 Å². The number of anilines is 1. The fourth-order valence-electron chi connectivity index (χ4n) is 2.58. The molecule has 0 bridgehead atoms. The van der Waals surface area contributed by atoms with Gasteiger partial charge in [-0.3, -0.25) is 4.40 Å². The maximum Gasteiger partial charge on any atom is 0.138 e. The summed E-state index contributed by atoms with van der Waals surface area (Å²) in [6.45, 7) is 0. The average Bonchev–Trinajstić information content (AvgIpc) is 2.87. The second-order valence-corrected chi connectivity index (χ2v) is 6.34. The molecule has 22 heavy (non-hydrogen) atoms. The van der Waals surface area contributed by atoms with E-state index in [1.165, 1.54) is 19.3 Å². The number of halogens is 2. The van der Waals surface area contributed by atoms with Crippen molar-refractivity contribution in [2.45, 2.75) is 25.3 Å². The Hall–Kier alpha value is -1.78. The van der Waals surface area contributed by atoms with Crippen molar-refractivity contribution in [3.8, 4) is 11.4 Å². The van der Waals surface area contributed by atoms with Gasteiger partial charge in [0.2, 0.25) is 0 Å². The standard InChI is InChI=1S/C16H14Cl2N4/c17-11-7-16-19-8-14(22(16)9-12(11)18)13-5-2-6-15(21-13)20-10-3-1-4-10/h2,5-10H,1,3-4H2,(H,20,21). The van der Waals surface area contributed by atoms with E-state index in [1.54, 1.807) is 18.5 Å². The Kier molecular flexibility index (Phi) is 3.43. The lowest BCUT2D eigenvalue weighted by atomic mass is 9.93. The highest BCUT2D eigenvalue weighted by atomic mass is 35.5. The van der Waals surface area contributed by atoms with Crippen LogP contribution in [0.3, 0.4) is 0 Å². The van der Waals surface area contributed by atoms with Gasteiger partial charge >= 0.3 is 0 Å². The molecule has 112 valence electrons. The summed E-state index contributed by atoms with van der Waals surface area (Å²) in [5.74, 6) is 0.900. The van der Waals surface area contributed by atoms with Crippen molar-refractivity contribution >= 4 is 34.7 Å². The third-order valence-electron chi connectivity index (χ3n) is 4.02. The molecular formula is C16H14Cl2N4. The van der Waals surface area contributed by atoms with E-state index in [-0.39, 0.29) is 0 Å². The number of imidazole rings is 1. The molecule has 3 aromatic rings. The third-order valence-corrected chi connectivity index (χ3v) is 4.73. The Balaban J connectivity index is 1.74. The number of nitrogens with one attached hydrogen (secondary N) is 1. The van der Waals surface area contributed by atoms with Crippen molar-refractivity contribution in [1.82, 2.24) is 14.4 Å². The van der Waals surface area contributed by atoms with Gasteiger partial charge in [-0.25, -0.2) is 9.97 Å². The van der Waals surface area contributed by atoms with Crippen LogP contribution in [0, 0.1) is 0 Å². The summed E-state index contributed by atoms with van der Waals surface area (Å²) in [5, 5.41) is 4.46. The molecule has 1 N–H and O–H groups in total. The zero-order valence-electron chi connectivity index (χ0n) is 11.8. The first kappa shape index (κ1) is 13.9. The van der Waals surface area contributed by atoms with Crippen LogP contribution >= 0.6 is 23.2 Å². The molecule has 0 aliphatic heterocycles. The Morgan fingerprint density at radius 2 is 2.05 bits per heavy atom. The number of rotatable bonds is 3. The van der Waals surface area contributed by atoms with Crippen LogP contribution in [0.1, 0.15) is 19.3 Å². The minimum atomic E-state index is 0.497. The minimum absolute atomic E-state index is 0.497. The SMILES string of the molecule is Clc1cc2ncc(-c3cccc(NC4CCC4)n3)n2cc1Cl. The Morgan fingerprint density at radius 1 is 1.18 bits per heavy atom. The van der Waals surface area contributed by atoms with Gasteiger partial charge in [0, 0.05) is 18.3 Å². The lowest BCUT2D eigenvalue weighted by Crippen LogP contribution is -2.27. The molecule has 4 rings (SSSR count). The second kappa shape index (κ2) is 5.45. The van der Waals surface area contributed by atoms with E-state index in [1.807, 2.05) is 22.6 Å². The van der Waals surface area contributed by atoms with Crippen LogP contribution in [0.15, 0.2) is 36.7 Å². The van der Waals surface area contributed by atoms with E-state index >= 15 is 0 Å². The van der Waals surface area contributed by atoms with Crippen molar-refractivity contribution in [1.29, 1.82) is 0 Å². The second-order valence-electron chi connectivity index (χ2n) is 5.52. The topological polar surface area (TPSA) is 42.2 Å². The first-order valence-electron chi connectivity index (χ1n) is 7.27. The molecule has 0 saturated heterocycles. The van der Waals surface area contributed by atoms with Gasteiger partial charge in [0.15, 0.2) is 0 Å². The van der Waals surface area contributed by atoms with Crippen molar-refractivity contribution in [3.63, 3.8) is 0 Å². The largest absolute Gasteiger partial charge is 0.367 e. The fraction of sp³-hybridized carbons (Fsp3) is 0.250. The predicted molar refractivity (Wildman–Crippen MR) is 89.7 cm³/mol. The third kappa shape index (κ3) is 2.42. The van der Waals surface area contributed by atoms with Gasteiger partial charge in [-0.05, 0) is 31.4 Å². The van der Waals surface area contributed by atoms with Crippen molar-refractivity contribution in [2.75, 3.05) is 5.32 Å². The van der Waals surface area contributed by atoms with E-state index in [9.17, 15) is 0 Å². The average molecular weight is 333 g/mol. The van der Waals surface area contributed by atoms with Crippen LogP contribution in [0.2, 0.25) is 10.0 Å². The summed E-state index contributed by atoms with van der Waals surface area (Å²) >= 11 is 12.2. The molecule has 0 amide bonds. The highest BCUT2D eigenvalue weighted by Gasteiger charge is 2.17. The molecule has 0 atom stereocenters. The summed E-state index contributed by atoms with van der Waals surface area (Å²) in [5.41, 5.74) is 2.50. The normalized spacial score (nSPS) is 15.0. The Morgan fingerprint density at radius 3 is 2.82 bits per heavy atom. The van der Waals surface area contributed by atoms with Gasteiger partial charge in [-0.15, -0.1) is 0 Å². The summed E-state index contributed by atoms with van der Waals surface area (Å²) in [7, 11) is 0. The zero-order valence-corrected chi connectivity index (χ0v) is 13.3. The van der Waals surface area contributed by atoms with Crippen LogP contribution < -0.4 is 5.32 Å². The molecule has 1 fully saturated rings. The van der Waals surface area contributed by atoms with E-state index in [2.05, 4.69) is 10.3 Å². The van der Waals surface area contributed by atoms with Crippen molar-refractivity contribution in [3.05, 3.63) is 46.7 Å². The molecule has 0 radical (unpaired) electrons. The number of pyridine rings is 2. The van der Waals surface area contributed by atoms with E-state index in [0.717, 1.165) is 22.9 Å². The van der Waals surface area contributed by atoms with E-state index in [0.29, 0.717) is 16.1 Å². The van der Waals surface area contributed by atoms with Crippen LogP contribution in [-0.2, 0) is 0 Å². The first-order chi connectivity index (χ1) is 10.7. The van der Waals surface area contributed by atoms with Gasteiger partial charge in [-0.1, -0.05) is 29.3 Å². The van der Waals surface area contributed by atoms with Gasteiger partial charge in [-0.2, -0.15) is 0 Å². The molecular weight excluding hydrogens is 319 g/mol. The molecule has 1 aliphatic carbocycles. The van der Waals surface area contributed by atoms with Gasteiger partial charge < -0.3 is 5.32 Å². The van der Waals surface area contributed by atoms with Crippen LogP contribution in [0.25, 0.3) is 17.0 Å². The Labute approximate surface area is 138 Å². The number of aromatic nitrogens is 3. The zero-order chi connectivity index (χ0) is 15.1. The van der Waals surface area contributed by atoms with Gasteiger partial charge in [0.25, 0.3) is 0 Å². The molecule has 1 saturated carbocycles. The Bertz CT molecular complexity index is 839. The fourth-order valence-corrected chi connectivity index (χ4v) is 2.88. The number of hydrogen-bond donors (Lipinski definition) is 1. The highest BCUT2D eigenvalue weighted by Crippen LogP contribution is 2.28. The molecule has 0 unspecified atom stereocenters. The van der Waals surface area contributed by atoms with Crippen LogP contribution in [0.4, 0.5) is 5.82 Å². The minimum Gasteiger partial charge on any atom is -0.367 e. The van der Waals surface area contributed by atoms with Crippen molar-refractivity contribution in [2.24, 2.45) is 0 Å². The molecule has 3 aromatic heterocycles. The number of nitrogens with zero attached hydrogens (tertiary/aromatic N) is 3. The number of fused-ring (bicyclic) bond motifs is 1. The maximum atomic E-state index is 6.12. The summed E-state index contributed by atoms with van der Waals surface area (Å²) in [6, 6.07) is 8.27. The summed E-state index contributed by atoms with van der Waals surface area (Å²) in [6.07, 6.45) is 7.29. The van der Waals surface area contributed by atoms with E-state index in [4.69, 9.17) is 28.2 Å². The highest BCUT2D eigenvalue weighted by molar-refractivity contribution is 6.42. The molecule has 4 nitrogen and oxygen atoms in total. The monoisotopic (exact) mass is 332 g/mol. The smallest absolute Gasteiger partial charge is 0.138 e. The molecule has 3 heterocycles. The predicted octanol–water partition coefficient (Wildman–Crippen LogP) is 4.67.